The van der Waals surface area contributed by atoms with E-state index in [1.165, 1.54) is 0 Å². The van der Waals surface area contributed by atoms with E-state index in [0.29, 0.717) is 28.7 Å². The van der Waals surface area contributed by atoms with Gasteiger partial charge in [0.1, 0.15) is 5.82 Å². The maximum atomic E-state index is 12.7. The molecule has 1 atom stereocenters. The number of likely N-dealkylation sites (N-methyl/N-ethyl adjacent to an activating group) is 1. The van der Waals surface area contributed by atoms with E-state index in [9.17, 15) is 4.79 Å². The van der Waals surface area contributed by atoms with Crippen molar-refractivity contribution in [2.75, 3.05) is 31.1 Å². The fraction of sp³-hybridized carbons (Fsp3) is 0.364. The largest absolute Gasteiger partial charge is 0.403 e. The molecule has 1 unspecified atom stereocenters. The van der Waals surface area contributed by atoms with Crippen molar-refractivity contribution >= 4 is 22.6 Å². The van der Waals surface area contributed by atoms with Crippen molar-refractivity contribution in [3.8, 4) is 11.3 Å². The van der Waals surface area contributed by atoms with Gasteiger partial charge in [0.25, 0.3) is 0 Å². The number of hydrogen-bond donors (Lipinski definition) is 0. The van der Waals surface area contributed by atoms with Crippen LogP contribution in [0.15, 0.2) is 46.0 Å². The lowest BCUT2D eigenvalue weighted by molar-refractivity contribution is 0.199. The summed E-state index contributed by atoms with van der Waals surface area (Å²) in [6.07, 6.45) is 5.38. The van der Waals surface area contributed by atoms with Crippen LogP contribution in [0.2, 0.25) is 0 Å². The number of anilines is 1. The van der Waals surface area contributed by atoms with Crippen LogP contribution in [0.25, 0.3) is 28.0 Å². The molecule has 4 aromatic rings. The number of aromatic nitrogens is 4. The van der Waals surface area contributed by atoms with Gasteiger partial charge < -0.3 is 13.7 Å². The highest BCUT2D eigenvalue weighted by Gasteiger charge is 2.23. The quantitative estimate of drug-likeness (QED) is 0.519. The fourth-order valence-electron chi connectivity index (χ4n) is 4.15. The Bertz CT molecular complexity index is 1290. The third-order valence-corrected chi connectivity index (χ3v) is 5.83. The summed E-state index contributed by atoms with van der Waals surface area (Å²) < 4.78 is 7.46. The maximum absolute atomic E-state index is 12.7. The Morgan fingerprint density at radius 3 is 2.87 bits per heavy atom. The monoisotopic (exact) mass is 404 g/mol. The standard InChI is InChI=1S/C22H24N6O2/c1-4-26-7-8-27(12-15(26)3)19-6-5-16-9-17(22(29)30-21(16)25-19)18-13-28-11-14(2)23-10-20(28)24-18/h5-6,9-11,13,15H,4,7-8,12H2,1-3H3. The van der Waals surface area contributed by atoms with Gasteiger partial charge in [0.15, 0.2) is 5.65 Å². The predicted octanol–water partition coefficient (Wildman–Crippen LogP) is 2.74. The fourth-order valence-corrected chi connectivity index (χ4v) is 4.15. The van der Waals surface area contributed by atoms with Gasteiger partial charge in [-0.3, -0.25) is 9.88 Å². The molecule has 8 nitrogen and oxygen atoms in total. The molecule has 0 aromatic carbocycles. The van der Waals surface area contributed by atoms with Gasteiger partial charge in [-0.05, 0) is 38.6 Å². The Morgan fingerprint density at radius 2 is 2.07 bits per heavy atom. The first-order valence-electron chi connectivity index (χ1n) is 10.3. The lowest BCUT2D eigenvalue weighted by Crippen LogP contribution is -2.51. The first-order valence-corrected chi connectivity index (χ1v) is 10.3. The Hall–Kier alpha value is -3.26. The molecule has 5 rings (SSSR count). The molecule has 0 bridgehead atoms. The van der Waals surface area contributed by atoms with E-state index >= 15 is 0 Å². The summed E-state index contributed by atoms with van der Waals surface area (Å²) in [5.74, 6) is 0.843. The molecule has 0 aliphatic carbocycles. The van der Waals surface area contributed by atoms with Crippen LogP contribution in [0.3, 0.4) is 0 Å². The number of nitrogens with zero attached hydrogens (tertiary/aromatic N) is 6. The zero-order valence-electron chi connectivity index (χ0n) is 17.4. The molecule has 1 fully saturated rings. The molecule has 5 heterocycles. The van der Waals surface area contributed by atoms with Gasteiger partial charge in [0.05, 0.1) is 23.1 Å². The first kappa shape index (κ1) is 18.7. The Morgan fingerprint density at radius 1 is 1.20 bits per heavy atom. The first-order chi connectivity index (χ1) is 14.5. The number of rotatable bonds is 3. The summed E-state index contributed by atoms with van der Waals surface area (Å²) in [6, 6.07) is 6.22. The number of hydrogen-bond acceptors (Lipinski definition) is 7. The molecule has 1 aliphatic heterocycles. The third kappa shape index (κ3) is 3.23. The Kier molecular flexibility index (Phi) is 4.51. The lowest BCUT2D eigenvalue weighted by atomic mass is 10.1. The molecule has 154 valence electrons. The highest BCUT2D eigenvalue weighted by molar-refractivity contribution is 5.80. The normalized spacial score (nSPS) is 17.8. The summed E-state index contributed by atoms with van der Waals surface area (Å²) in [5, 5.41) is 0.778. The van der Waals surface area contributed by atoms with Gasteiger partial charge in [-0.1, -0.05) is 6.92 Å². The maximum Gasteiger partial charge on any atom is 0.347 e. The van der Waals surface area contributed by atoms with E-state index in [-0.39, 0.29) is 0 Å². The summed E-state index contributed by atoms with van der Waals surface area (Å²) in [4.78, 5) is 30.8. The summed E-state index contributed by atoms with van der Waals surface area (Å²) >= 11 is 0. The number of piperazine rings is 1. The van der Waals surface area contributed by atoms with E-state index in [1.54, 1.807) is 12.3 Å². The molecule has 0 amide bonds. The number of aryl methyl sites for hydroxylation is 1. The minimum Gasteiger partial charge on any atom is -0.403 e. The molecule has 0 radical (unpaired) electrons. The minimum atomic E-state index is -0.440. The number of imidazole rings is 1. The summed E-state index contributed by atoms with van der Waals surface area (Å²) in [5.41, 5.74) is 2.46. The average molecular weight is 404 g/mol. The predicted molar refractivity (Wildman–Crippen MR) is 116 cm³/mol. The topological polar surface area (TPSA) is 79.8 Å². The lowest BCUT2D eigenvalue weighted by Gasteiger charge is -2.39. The molecule has 30 heavy (non-hydrogen) atoms. The van der Waals surface area contributed by atoms with Crippen LogP contribution < -0.4 is 10.5 Å². The van der Waals surface area contributed by atoms with Crippen LogP contribution in [0, 0.1) is 6.92 Å². The molecule has 0 spiro atoms. The SMILES string of the molecule is CCN1CCN(c2ccc3cc(-c4cn5cc(C)ncc5n4)c(=O)oc3n2)CC1C. The van der Waals surface area contributed by atoms with Crippen LogP contribution in [0.5, 0.6) is 0 Å². The van der Waals surface area contributed by atoms with Crippen LogP contribution in [0.4, 0.5) is 5.82 Å². The van der Waals surface area contributed by atoms with Gasteiger partial charge in [-0.15, -0.1) is 0 Å². The van der Waals surface area contributed by atoms with Crippen LogP contribution in [-0.4, -0.2) is 56.5 Å². The van der Waals surface area contributed by atoms with E-state index in [0.717, 1.165) is 43.1 Å². The second-order valence-corrected chi connectivity index (χ2v) is 7.86. The zero-order valence-corrected chi connectivity index (χ0v) is 17.4. The van der Waals surface area contributed by atoms with Crippen molar-refractivity contribution in [3.05, 3.63) is 52.9 Å². The van der Waals surface area contributed by atoms with Crippen LogP contribution >= 0.6 is 0 Å². The Labute approximate surface area is 173 Å². The van der Waals surface area contributed by atoms with Crippen LogP contribution in [0.1, 0.15) is 19.5 Å². The summed E-state index contributed by atoms with van der Waals surface area (Å²) in [7, 11) is 0. The molecular weight excluding hydrogens is 380 g/mol. The van der Waals surface area contributed by atoms with Gasteiger partial charge >= 0.3 is 5.63 Å². The van der Waals surface area contributed by atoms with Gasteiger partial charge in [0.2, 0.25) is 5.71 Å². The van der Waals surface area contributed by atoms with Crippen molar-refractivity contribution in [1.29, 1.82) is 0 Å². The van der Waals surface area contributed by atoms with Crippen molar-refractivity contribution in [1.82, 2.24) is 24.3 Å². The number of fused-ring (bicyclic) bond motifs is 2. The van der Waals surface area contributed by atoms with E-state index in [2.05, 4.69) is 38.6 Å². The zero-order chi connectivity index (χ0) is 20.8. The molecule has 1 saturated heterocycles. The highest BCUT2D eigenvalue weighted by Crippen LogP contribution is 2.24. The van der Waals surface area contributed by atoms with Gasteiger partial charge in [-0.2, -0.15) is 4.98 Å². The molecular formula is C22H24N6O2. The molecule has 8 heteroatoms. The van der Waals surface area contributed by atoms with Gasteiger partial charge in [0, 0.05) is 43.5 Å². The van der Waals surface area contributed by atoms with Crippen molar-refractivity contribution in [2.45, 2.75) is 26.8 Å². The second kappa shape index (κ2) is 7.21. The number of pyridine rings is 1. The second-order valence-electron chi connectivity index (χ2n) is 7.86. The highest BCUT2D eigenvalue weighted by atomic mass is 16.4. The van der Waals surface area contributed by atoms with E-state index < -0.39 is 5.63 Å². The molecule has 0 saturated carbocycles. The minimum absolute atomic E-state index is 0.355. The molecule has 1 aliphatic rings. The third-order valence-electron chi connectivity index (χ3n) is 5.83. The molecule has 0 N–H and O–H groups in total. The van der Waals surface area contributed by atoms with Crippen LogP contribution in [-0.2, 0) is 0 Å². The van der Waals surface area contributed by atoms with Crippen molar-refractivity contribution < 1.29 is 4.42 Å². The van der Waals surface area contributed by atoms with Crippen molar-refractivity contribution in [3.63, 3.8) is 0 Å². The Balaban J connectivity index is 1.50. The van der Waals surface area contributed by atoms with Gasteiger partial charge in [-0.25, -0.2) is 9.78 Å². The van der Waals surface area contributed by atoms with Crippen molar-refractivity contribution in [2.24, 2.45) is 0 Å². The smallest absolute Gasteiger partial charge is 0.347 e. The molecule has 4 aromatic heterocycles. The van der Waals surface area contributed by atoms with E-state index in [1.807, 2.05) is 35.9 Å². The summed E-state index contributed by atoms with van der Waals surface area (Å²) in [6.45, 7) is 10.2. The van der Waals surface area contributed by atoms with E-state index in [4.69, 9.17) is 4.42 Å². The average Bonchev–Trinajstić information content (AvgIpc) is 3.15.